The Morgan fingerprint density at radius 1 is 0.963 bits per heavy atom. The Labute approximate surface area is 164 Å². The molecule has 27 heavy (non-hydrogen) atoms. The molecule has 0 aromatic heterocycles. The Hall–Kier alpha value is -1.39. The lowest BCUT2D eigenvalue weighted by molar-refractivity contribution is -0.147. The average Bonchev–Trinajstić information content (AvgIpc) is 2.66. The van der Waals surface area contributed by atoms with Crippen molar-refractivity contribution in [1.82, 2.24) is 0 Å². The van der Waals surface area contributed by atoms with E-state index in [-0.39, 0.29) is 6.10 Å². The third kappa shape index (κ3) is 10.5. The summed E-state index contributed by atoms with van der Waals surface area (Å²) in [7, 11) is 0. The first kappa shape index (κ1) is 23.6. The monoisotopic (exact) mass is 378 g/mol. The van der Waals surface area contributed by atoms with E-state index in [1.165, 1.54) is 0 Å². The molecule has 1 rings (SSSR count). The SMILES string of the molecule is CCCCCCC(C(=O)O)C(O)CC(CCCCC)OCc1ccccc1. The van der Waals surface area contributed by atoms with Gasteiger partial charge in [0.2, 0.25) is 0 Å². The minimum Gasteiger partial charge on any atom is -0.481 e. The molecule has 0 heterocycles. The number of carboxylic acids is 1. The van der Waals surface area contributed by atoms with Gasteiger partial charge in [0.25, 0.3) is 0 Å². The molecule has 0 saturated heterocycles. The lowest BCUT2D eigenvalue weighted by atomic mass is 9.90. The number of aliphatic hydroxyl groups is 1. The van der Waals surface area contributed by atoms with Crippen molar-refractivity contribution < 1.29 is 19.7 Å². The molecule has 0 fully saturated rings. The van der Waals surface area contributed by atoms with Crippen molar-refractivity contribution in [2.75, 3.05) is 0 Å². The molecule has 4 heteroatoms. The van der Waals surface area contributed by atoms with E-state index in [2.05, 4.69) is 13.8 Å². The minimum absolute atomic E-state index is 0.107. The lowest BCUT2D eigenvalue weighted by Crippen LogP contribution is -2.32. The molecule has 0 aliphatic heterocycles. The fourth-order valence-electron chi connectivity index (χ4n) is 3.38. The number of aliphatic carboxylic acids is 1. The minimum atomic E-state index is -0.894. The van der Waals surface area contributed by atoms with Crippen molar-refractivity contribution in [3.63, 3.8) is 0 Å². The van der Waals surface area contributed by atoms with Crippen LogP contribution in [0.1, 0.15) is 83.6 Å². The van der Waals surface area contributed by atoms with Crippen molar-refractivity contribution in [1.29, 1.82) is 0 Å². The number of benzene rings is 1. The Kier molecular flexibility index (Phi) is 12.8. The molecule has 3 unspecified atom stereocenters. The molecular weight excluding hydrogens is 340 g/mol. The van der Waals surface area contributed by atoms with Crippen molar-refractivity contribution in [2.24, 2.45) is 5.92 Å². The van der Waals surface area contributed by atoms with Crippen LogP contribution in [0, 0.1) is 5.92 Å². The predicted octanol–water partition coefficient (Wildman–Crippen LogP) is 5.57. The largest absolute Gasteiger partial charge is 0.481 e. The van der Waals surface area contributed by atoms with Gasteiger partial charge in [-0.2, -0.15) is 0 Å². The van der Waals surface area contributed by atoms with E-state index in [4.69, 9.17) is 4.74 Å². The van der Waals surface area contributed by atoms with Crippen molar-refractivity contribution >= 4 is 5.97 Å². The molecule has 0 bridgehead atoms. The van der Waals surface area contributed by atoms with Gasteiger partial charge in [0.1, 0.15) is 0 Å². The van der Waals surface area contributed by atoms with Gasteiger partial charge in [-0.25, -0.2) is 0 Å². The van der Waals surface area contributed by atoms with Gasteiger partial charge in [0, 0.05) is 6.42 Å². The standard InChI is InChI=1S/C23H38O4/c1-3-5-7-12-16-21(23(25)26)22(24)17-20(15-9-6-4-2)27-18-19-13-10-8-11-14-19/h8,10-11,13-14,20-22,24H,3-7,9,12,15-18H2,1-2H3,(H,25,26). The van der Waals surface area contributed by atoms with Gasteiger partial charge >= 0.3 is 5.97 Å². The van der Waals surface area contributed by atoms with E-state index in [9.17, 15) is 15.0 Å². The molecule has 154 valence electrons. The van der Waals surface area contributed by atoms with Gasteiger partial charge in [-0.15, -0.1) is 0 Å². The molecule has 0 saturated carbocycles. The summed E-state index contributed by atoms with van der Waals surface area (Å²) in [5.41, 5.74) is 1.10. The summed E-state index contributed by atoms with van der Waals surface area (Å²) in [4.78, 5) is 11.6. The molecular formula is C23H38O4. The number of unbranched alkanes of at least 4 members (excludes halogenated alkanes) is 5. The average molecular weight is 379 g/mol. The smallest absolute Gasteiger partial charge is 0.309 e. The summed E-state index contributed by atoms with van der Waals surface area (Å²) in [6, 6.07) is 9.98. The van der Waals surface area contributed by atoms with E-state index in [0.29, 0.717) is 19.4 Å². The number of ether oxygens (including phenoxy) is 1. The van der Waals surface area contributed by atoms with Crippen LogP contribution in [0.5, 0.6) is 0 Å². The molecule has 3 atom stereocenters. The predicted molar refractivity (Wildman–Crippen MR) is 110 cm³/mol. The Morgan fingerprint density at radius 3 is 2.22 bits per heavy atom. The fourth-order valence-corrected chi connectivity index (χ4v) is 3.38. The highest BCUT2D eigenvalue weighted by Gasteiger charge is 2.28. The molecule has 0 aliphatic carbocycles. The lowest BCUT2D eigenvalue weighted by Gasteiger charge is -2.25. The first-order valence-corrected chi connectivity index (χ1v) is 10.6. The van der Waals surface area contributed by atoms with Gasteiger partial charge in [-0.05, 0) is 18.4 Å². The normalized spacial score (nSPS) is 14.6. The van der Waals surface area contributed by atoms with Crippen LogP contribution in [0.2, 0.25) is 0 Å². The number of hydrogen-bond acceptors (Lipinski definition) is 3. The fraction of sp³-hybridized carbons (Fsp3) is 0.696. The Balaban J connectivity index is 2.59. The second-order valence-electron chi connectivity index (χ2n) is 7.51. The van der Waals surface area contributed by atoms with Gasteiger partial charge in [0.05, 0.1) is 24.7 Å². The van der Waals surface area contributed by atoms with Gasteiger partial charge in [-0.1, -0.05) is 89.1 Å². The van der Waals surface area contributed by atoms with E-state index in [1.54, 1.807) is 0 Å². The number of rotatable bonds is 16. The van der Waals surface area contributed by atoms with Crippen molar-refractivity contribution in [2.45, 2.75) is 96.9 Å². The van der Waals surface area contributed by atoms with Crippen LogP contribution in [-0.4, -0.2) is 28.4 Å². The molecule has 4 nitrogen and oxygen atoms in total. The molecule has 0 spiro atoms. The molecule has 0 amide bonds. The van der Waals surface area contributed by atoms with Crippen LogP contribution < -0.4 is 0 Å². The maximum atomic E-state index is 11.6. The summed E-state index contributed by atoms with van der Waals surface area (Å²) in [6.07, 6.45) is 8.23. The highest BCUT2D eigenvalue weighted by Crippen LogP contribution is 2.22. The molecule has 1 aromatic rings. The number of hydrogen-bond donors (Lipinski definition) is 2. The summed E-state index contributed by atoms with van der Waals surface area (Å²) >= 11 is 0. The van der Waals surface area contributed by atoms with Crippen LogP contribution in [0.15, 0.2) is 30.3 Å². The maximum absolute atomic E-state index is 11.6. The molecule has 0 radical (unpaired) electrons. The second kappa shape index (κ2) is 14.6. The van der Waals surface area contributed by atoms with E-state index in [0.717, 1.165) is 56.9 Å². The number of carboxylic acid groups (broad SMARTS) is 1. The number of carbonyl (C=O) groups is 1. The summed E-state index contributed by atoms with van der Waals surface area (Å²) in [6.45, 7) is 4.79. The summed E-state index contributed by atoms with van der Waals surface area (Å²) < 4.78 is 6.07. The van der Waals surface area contributed by atoms with Crippen LogP contribution in [-0.2, 0) is 16.1 Å². The number of aliphatic hydroxyl groups excluding tert-OH is 1. The third-order valence-corrected chi connectivity index (χ3v) is 5.11. The van der Waals surface area contributed by atoms with Gasteiger partial charge in [0.15, 0.2) is 0 Å². The van der Waals surface area contributed by atoms with Crippen LogP contribution in [0.3, 0.4) is 0 Å². The van der Waals surface area contributed by atoms with Crippen LogP contribution in [0.4, 0.5) is 0 Å². The van der Waals surface area contributed by atoms with Crippen molar-refractivity contribution in [3.05, 3.63) is 35.9 Å². The quantitative estimate of drug-likeness (QED) is 0.369. The first-order chi connectivity index (χ1) is 13.1. The zero-order valence-electron chi connectivity index (χ0n) is 17.1. The third-order valence-electron chi connectivity index (χ3n) is 5.11. The maximum Gasteiger partial charge on any atom is 0.309 e. The second-order valence-corrected chi connectivity index (χ2v) is 7.51. The zero-order valence-corrected chi connectivity index (χ0v) is 17.1. The van der Waals surface area contributed by atoms with Gasteiger partial charge < -0.3 is 14.9 Å². The van der Waals surface area contributed by atoms with Crippen molar-refractivity contribution in [3.8, 4) is 0 Å². The first-order valence-electron chi connectivity index (χ1n) is 10.6. The molecule has 2 N–H and O–H groups in total. The van der Waals surface area contributed by atoms with Crippen LogP contribution in [0.25, 0.3) is 0 Å². The molecule has 1 aromatic carbocycles. The van der Waals surface area contributed by atoms with Crippen LogP contribution >= 0.6 is 0 Å². The summed E-state index contributed by atoms with van der Waals surface area (Å²) in [5.74, 6) is -1.59. The Bertz CT molecular complexity index is 488. The zero-order chi connectivity index (χ0) is 19.9. The summed E-state index contributed by atoms with van der Waals surface area (Å²) in [5, 5.41) is 20.1. The molecule has 0 aliphatic rings. The Morgan fingerprint density at radius 2 is 1.59 bits per heavy atom. The highest BCUT2D eigenvalue weighted by molar-refractivity contribution is 5.70. The highest BCUT2D eigenvalue weighted by atomic mass is 16.5. The van der Waals surface area contributed by atoms with E-state index in [1.807, 2.05) is 30.3 Å². The van der Waals surface area contributed by atoms with Gasteiger partial charge in [-0.3, -0.25) is 4.79 Å². The topological polar surface area (TPSA) is 66.8 Å². The van der Waals surface area contributed by atoms with E-state index < -0.39 is 18.0 Å². The van der Waals surface area contributed by atoms with E-state index >= 15 is 0 Å².